The molecule has 0 radical (unpaired) electrons. The summed E-state index contributed by atoms with van der Waals surface area (Å²) < 4.78 is 0. The third kappa shape index (κ3) is 5.04. The Kier molecular flexibility index (Phi) is 5.92. The van der Waals surface area contributed by atoms with Gasteiger partial charge >= 0.3 is 0 Å². The fourth-order valence-electron chi connectivity index (χ4n) is 1.61. The van der Waals surface area contributed by atoms with E-state index in [1.165, 1.54) is 4.88 Å². The molecular formula is C13H25N3S. The predicted octanol–water partition coefficient (Wildman–Crippen LogP) is 3.12. The highest BCUT2D eigenvalue weighted by Crippen LogP contribution is 2.23. The molecule has 1 N–H and O–H groups in total. The van der Waals surface area contributed by atoms with Crippen molar-refractivity contribution in [2.75, 3.05) is 18.0 Å². The van der Waals surface area contributed by atoms with Crippen LogP contribution in [0.2, 0.25) is 0 Å². The first kappa shape index (κ1) is 14.5. The Bertz CT molecular complexity index is 320. The third-order valence-corrected chi connectivity index (χ3v) is 3.52. The number of hydrogen-bond acceptors (Lipinski definition) is 4. The predicted molar refractivity (Wildman–Crippen MR) is 76.8 cm³/mol. The minimum Gasteiger partial charge on any atom is -0.348 e. The van der Waals surface area contributed by atoms with Gasteiger partial charge in [-0.2, -0.15) is 0 Å². The maximum Gasteiger partial charge on any atom is 0.185 e. The summed E-state index contributed by atoms with van der Waals surface area (Å²) in [4.78, 5) is 8.19. The summed E-state index contributed by atoms with van der Waals surface area (Å²) in [5.41, 5.74) is 0. The van der Waals surface area contributed by atoms with Crippen LogP contribution in [0.25, 0.3) is 0 Å². The van der Waals surface area contributed by atoms with Gasteiger partial charge in [0, 0.05) is 36.8 Å². The molecule has 0 spiro atoms. The van der Waals surface area contributed by atoms with Gasteiger partial charge < -0.3 is 10.2 Å². The molecule has 0 amide bonds. The summed E-state index contributed by atoms with van der Waals surface area (Å²) in [6.07, 6.45) is 2.00. The summed E-state index contributed by atoms with van der Waals surface area (Å²) >= 11 is 1.80. The Balaban J connectivity index is 2.58. The van der Waals surface area contributed by atoms with Gasteiger partial charge in [-0.3, -0.25) is 0 Å². The van der Waals surface area contributed by atoms with Gasteiger partial charge in [-0.1, -0.05) is 27.7 Å². The Morgan fingerprint density at radius 3 is 2.59 bits per heavy atom. The van der Waals surface area contributed by atoms with Gasteiger partial charge in [0.05, 0.1) is 0 Å². The number of anilines is 1. The standard InChI is InChI=1S/C13H25N3S/c1-6-16(9-10(2)3)13-15-8-12(17-13)7-14-11(4)5/h8,10-11,14H,6-7,9H2,1-5H3. The molecule has 0 aliphatic heterocycles. The van der Waals surface area contributed by atoms with E-state index in [4.69, 9.17) is 0 Å². The Hall–Kier alpha value is -0.610. The molecule has 3 nitrogen and oxygen atoms in total. The van der Waals surface area contributed by atoms with Crippen LogP contribution < -0.4 is 10.2 Å². The van der Waals surface area contributed by atoms with Gasteiger partial charge in [-0.05, 0) is 12.8 Å². The highest BCUT2D eigenvalue weighted by atomic mass is 32.1. The second kappa shape index (κ2) is 6.97. The van der Waals surface area contributed by atoms with Crippen molar-refractivity contribution in [3.05, 3.63) is 11.1 Å². The van der Waals surface area contributed by atoms with Crippen LogP contribution in [-0.2, 0) is 6.54 Å². The number of rotatable bonds is 7. The van der Waals surface area contributed by atoms with E-state index in [1.54, 1.807) is 11.3 Å². The first-order chi connectivity index (χ1) is 8.02. The van der Waals surface area contributed by atoms with E-state index in [0.29, 0.717) is 12.0 Å². The van der Waals surface area contributed by atoms with Crippen LogP contribution >= 0.6 is 11.3 Å². The molecule has 0 aromatic carbocycles. The second-order valence-electron chi connectivity index (χ2n) is 5.08. The molecule has 0 atom stereocenters. The lowest BCUT2D eigenvalue weighted by Gasteiger charge is -2.21. The number of nitrogens with one attached hydrogen (secondary N) is 1. The minimum absolute atomic E-state index is 0.526. The summed E-state index contributed by atoms with van der Waals surface area (Å²) in [5.74, 6) is 0.677. The number of nitrogens with zero attached hydrogens (tertiary/aromatic N) is 2. The van der Waals surface area contributed by atoms with Crippen molar-refractivity contribution in [1.82, 2.24) is 10.3 Å². The Morgan fingerprint density at radius 1 is 1.35 bits per heavy atom. The molecule has 4 heteroatoms. The largest absolute Gasteiger partial charge is 0.348 e. The molecule has 1 heterocycles. The highest BCUT2D eigenvalue weighted by molar-refractivity contribution is 7.15. The molecule has 98 valence electrons. The first-order valence-electron chi connectivity index (χ1n) is 6.46. The van der Waals surface area contributed by atoms with E-state index >= 15 is 0 Å². The zero-order valence-corrected chi connectivity index (χ0v) is 12.5. The molecule has 0 bridgehead atoms. The van der Waals surface area contributed by atoms with E-state index in [-0.39, 0.29) is 0 Å². The molecule has 1 rings (SSSR count). The van der Waals surface area contributed by atoms with Crippen LogP contribution in [-0.4, -0.2) is 24.1 Å². The quantitative estimate of drug-likeness (QED) is 0.811. The van der Waals surface area contributed by atoms with Crippen molar-refractivity contribution < 1.29 is 0 Å². The van der Waals surface area contributed by atoms with Crippen LogP contribution in [0.1, 0.15) is 39.5 Å². The lowest BCUT2D eigenvalue weighted by atomic mass is 10.2. The zero-order chi connectivity index (χ0) is 12.8. The van der Waals surface area contributed by atoms with Crippen molar-refractivity contribution >= 4 is 16.5 Å². The molecule has 0 fully saturated rings. The van der Waals surface area contributed by atoms with Crippen molar-refractivity contribution in [1.29, 1.82) is 0 Å². The van der Waals surface area contributed by atoms with Crippen molar-refractivity contribution in [3.63, 3.8) is 0 Å². The van der Waals surface area contributed by atoms with Crippen LogP contribution in [0.15, 0.2) is 6.20 Å². The van der Waals surface area contributed by atoms with Crippen molar-refractivity contribution in [3.8, 4) is 0 Å². The second-order valence-corrected chi connectivity index (χ2v) is 6.17. The van der Waals surface area contributed by atoms with Gasteiger partial charge in [-0.25, -0.2) is 4.98 Å². The van der Waals surface area contributed by atoms with Gasteiger partial charge in [-0.15, -0.1) is 11.3 Å². The number of hydrogen-bond donors (Lipinski definition) is 1. The van der Waals surface area contributed by atoms with Gasteiger partial charge in [0.25, 0.3) is 0 Å². The van der Waals surface area contributed by atoms with Crippen LogP contribution in [0.4, 0.5) is 5.13 Å². The minimum atomic E-state index is 0.526. The Labute approximate surface area is 109 Å². The summed E-state index contributed by atoms with van der Waals surface area (Å²) in [7, 11) is 0. The summed E-state index contributed by atoms with van der Waals surface area (Å²) in [5, 5.41) is 4.58. The van der Waals surface area contributed by atoms with Gasteiger partial charge in [0.1, 0.15) is 0 Å². The molecule has 0 saturated heterocycles. The van der Waals surface area contributed by atoms with E-state index in [1.807, 2.05) is 6.20 Å². The highest BCUT2D eigenvalue weighted by Gasteiger charge is 2.11. The Morgan fingerprint density at radius 2 is 2.06 bits per heavy atom. The van der Waals surface area contributed by atoms with Crippen LogP contribution in [0.5, 0.6) is 0 Å². The average molecular weight is 255 g/mol. The van der Waals surface area contributed by atoms with E-state index < -0.39 is 0 Å². The van der Waals surface area contributed by atoms with E-state index in [2.05, 4.69) is 49.8 Å². The maximum absolute atomic E-state index is 4.52. The van der Waals surface area contributed by atoms with Crippen molar-refractivity contribution in [2.45, 2.75) is 47.2 Å². The normalized spacial score (nSPS) is 11.5. The fraction of sp³-hybridized carbons (Fsp3) is 0.769. The third-order valence-electron chi connectivity index (χ3n) is 2.46. The average Bonchev–Trinajstić information content (AvgIpc) is 2.71. The molecule has 0 aliphatic carbocycles. The fourth-order valence-corrected chi connectivity index (χ4v) is 2.55. The molecular weight excluding hydrogens is 230 g/mol. The lowest BCUT2D eigenvalue weighted by Crippen LogP contribution is -2.26. The molecule has 1 aromatic rings. The van der Waals surface area contributed by atoms with E-state index in [0.717, 1.165) is 24.8 Å². The lowest BCUT2D eigenvalue weighted by molar-refractivity contribution is 0.593. The van der Waals surface area contributed by atoms with Crippen LogP contribution in [0.3, 0.4) is 0 Å². The molecule has 0 saturated carbocycles. The molecule has 1 aromatic heterocycles. The van der Waals surface area contributed by atoms with Crippen LogP contribution in [0, 0.1) is 5.92 Å². The molecule has 17 heavy (non-hydrogen) atoms. The maximum atomic E-state index is 4.52. The van der Waals surface area contributed by atoms with Crippen molar-refractivity contribution in [2.24, 2.45) is 5.92 Å². The molecule has 0 unspecified atom stereocenters. The zero-order valence-electron chi connectivity index (χ0n) is 11.7. The first-order valence-corrected chi connectivity index (χ1v) is 7.27. The smallest absolute Gasteiger partial charge is 0.185 e. The summed E-state index contributed by atoms with van der Waals surface area (Å²) in [6.45, 7) is 14.1. The monoisotopic (exact) mass is 255 g/mol. The SMILES string of the molecule is CCN(CC(C)C)c1ncc(CNC(C)C)s1. The number of thiazole rings is 1. The number of aromatic nitrogens is 1. The molecule has 0 aliphatic rings. The summed E-state index contributed by atoms with van der Waals surface area (Å²) in [6, 6.07) is 0.526. The van der Waals surface area contributed by atoms with Gasteiger partial charge in [0.15, 0.2) is 5.13 Å². The topological polar surface area (TPSA) is 28.2 Å². The van der Waals surface area contributed by atoms with Gasteiger partial charge in [0.2, 0.25) is 0 Å². The van der Waals surface area contributed by atoms with E-state index in [9.17, 15) is 0 Å².